The normalized spacial score (nSPS) is 14.1. The lowest BCUT2D eigenvalue weighted by Gasteiger charge is -2.27. The number of nitrogens with zero attached hydrogens (tertiary/aromatic N) is 1. The van der Waals surface area contributed by atoms with Crippen LogP contribution in [0.25, 0.3) is 0 Å². The molecule has 1 aliphatic heterocycles. The molecule has 0 spiro atoms. The molecule has 0 saturated carbocycles. The van der Waals surface area contributed by atoms with Gasteiger partial charge in [-0.05, 0) is 42.7 Å². The number of hydrogen-bond donors (Lipinski definition) is 0. The van der Waals surface area contributed by atoms with Crippen LogP contribution in [0, 0.1) is 0 Å². The molecule has 1 atom stereocenters. The van der Waals surface area contributed by atoms with Gasteiger partial charge in [0.1, 0.15) is 13.2 Å². The van der Waals surface area contributed by atoms with Crippen molar-refractivity contribution in [3.05, 3.63) is 40.6 Å². The summed E-state index contributed by atoms with van der Waals surface area (Å²) in [4.78, 5) is 16.2. The SMILES string of the molecule is CCCCSC(C)C(=O)N(Cc1cccs1)c1ccc2c(c1)OCCO2. The lowest BCUT2D eigenvalue weighted by Crippen LogP contribution is -2.36. The van der Waals surface area contributed by atoms with Gasteiger partial charge in [0.05, 0.1) is 11.8 Å². The number of amides is 1. The molecule has 1 amide bonds. The topological polar surface area (TPSA) is 38.8 Å². The Morgan fingerprint density at radius 2 is 2.08 bits per heavy atom. The van der Waals surface area contributed by atoms with Crippen LogP contribution >= 0.6 is 23.1 Å². The molecule has 0 fully saturated rings. The summed E-state index contributed by atoms with van der Waals surface area (Å²) in [6, 6.07) is 9.85. The van der Waals surface area contributed by atoms with Gasteiger partial charge in [-0.15, -0.1) is 23.1 Å². The molecule has 0 N–H and O–H groups in total. The summed E-state index contributed by atoms with van der Waals surface area (Å²) in [5.74, 6) is 2.60. The molecule has 0 bridgehead atoms. The minimum atomic E-state index is -0.0743. The van der Waals surface area contributed by atoms with Crippen molar-refractivity contribution >= 4 is 34.7 Å². The number of anilines is 1. The third kappa shape index (κ3) is 4.74. The van der Waals surface area contributed by atoms with Crippen molar-refractivity contribution in [3.63, 3.8) is 0 Å². The number of unbranched alkanes of at least 4 members (excludes halogenated alkanes) is 1. The third-order valence-corrected chi connectivity index (χ3v) is 6.30. The van der Waals surface area contributed by atoms with Gasteiger partial charge < -0.3 is 14.4 Å². The van der Waals surface area contributed by atoms with Crippen molar-refractivity contribution in [3.8, 4) is 11.5 Å². The number of fused-ring (bicyclic) bond motifs is 1. The maximum atomic E-state index is 13.2. The number of thioether (sulfide) groups is 1. The van der Waals surface area contributed by atoms with Crippen molar-refractivity contribution in [2.45, 2.75) is 38.5 Å². The van der Waals surface area contributed by atoms with Gasteiger partial charge in [-0.1, -0.05) is 19.4 Å². The van der Waals surface area contributed by atoms with Gasteiger partial charge in [0, 0.05) is 16.6 Å². The Balaban J connectivity index is 1.82. The van der Waals surface area contributed by atoms with Crippen LogP contribution in [0.5, 0.6) is 11.5 Å². The summed E-state index contributed by atoms with van der Waals surface area (Å²) in [7, 11) is 0. The molecule has 2 aromatic rings. The highest BCUT2D eigenvalue weighted by molar-refractivity contribution is 8.00. The highest BCUT2D eigenvalue weighted by Gasteiger charge is 2.24. The molecule has 3 rings (SSSR count). The van der Waals surface area contributed by atoms with Crippen molar-refractivity contribution in [1.82, 2.24) is 0 Å². The van der Waals surface area contributed by atoms with E-state index in [1.165, 1.54) is 4.88 Å². The fourth-order valence-electron chi connectivity index (χ4n) is 2.75. The Hall–Kier alpha value is -1.66. The van der Waals surface area contributed by atoms with Crippen molar-refractivity contribution in [2.24, 2.45) is 0 Å². The van der Waals surface area contributed by atoms with Gasteiger partial charge in [-0.2, -0.15) is 0 Å². The first-order valence-corrected chi connectivity index (χ1v) is 11.0. The predicted molar refractivity (Wildman–Crippen MR) is 110 cm³/mol. The van der Waals surface area contributed by atoms with Crippen LogP contribution < -0.4 is 14.4 Å². The van der Waals surface area contributed by atoms with E-state index in [4.69, 9.17) is 9.47 Å². The summed E-state index contributed by atoms with van der Waals surface area (Å²) in [5, 5.41) is 1.97. The smallest absolute Gasteiger partial charge is 0.240 e. The van der Waals surface area contributed by atoms with Gasteiger partial charge >= 0.3 is 0 Å². The lowest BCUT2D eigenvalue weighted by atomic mass is 10.2. The lowest BCUT2D eigenvalue weighted by molar-refractivity contribution is -0.118. The number of rotatable bonds is 8. The molecule has 1 aromatic heterocycles. The van der Waals surface area contributed by atoms with E-state index in [9.17, 15) is 4.79 Å². The van der Waals surface area contributed by atoms with Crippen LogP contribution in [0.1, 0.15) is 31.6 Å². The minimum Gasteiger partial charge on any atom is -0.486 e. The van der Waals surface area contributed by atoms with Crippen molar-refractivity contribution in [1.29, 1.82) is 0 Å². The van der Waals surface area contributed by atoms with Crippen LogP contribution in [-0.2, 0) is 11.3 Å². The van der Waals surface area contributed by atoms with E-state index in [0.29, 0.717) is 25.5 Å². The molecule has 1 unspecified atom stereocenters. The van der Waals surface area contributed by atoms with Crippen LogP contribution in [0.15, 0.2) is 35.7 Å². The molecule has 0 radical (unpaired) electrons. The molecule has 140 valence electrons. The monoisotopic (exact) mass is 391 g/mol. The number of benzene rings is 1. The average molecular weight is 392 g/mol. The second kappa shape index (κ2) is 9.33. The highest BCUT2D eigenvalue weighted by atomic mass is 32.2. The van der Waals surface area contributed by atoms with Crippen molar-refractivity contribution < 1.29 is 14.3 Å². The third-order valence-electron chi connectivity index (χ3n) is 4.21. The first-order chi connectivity index (χ1) is 12.7. The fourth-order valence-corrected chi connectivity index (χ4v) is 4.52. The Bertz CT molecular complexity index is 718. The molecule has 1 aromatic carbocycles. The first kappa shape index (κ1) is 19.1. The summed E-state index contributed by atoms with van der Waals surface area (Å²) in [5.41, 5.74) is 0.857. The Labute approximate surface area is 163 Å². The number of thiophene rings is 1. The second-order valence-electron chi connectivity index (χ2n) is 6.20. The van der Waals surface area contributed by atoms with Gasteiger partial charge in [-0.3, -0.25) is 4.79 Å². The van der Waals surface area contributed by atoms with Gasteiger partial charge in [0.2, 0.25) is 5.91 Å². The predicted octanol–water partition coefficient (Wildman–Crippen LogP) is 4.97. The highest BCUT2D eigenvalue weighted by Crippen LogP contribution is 2.35. The van der Waals surface area contributed by atoms with Gasteiger partial charge in [0.15, 0.2) is 11.5 Å². The molecular formula is C20H25NO3S2. The zero-order valence-corrected chi connectivity index (χ0v) is 16.9. The molecule has 2 heterocycles. The van der Waals surface area contributed by atoms with E-state index < -0.39 is 0 Å². The van der Waals surface area contributed by atoms with E-state index in [1.54, 1.807) is 23.1 Å². The second-order valence-corrected chi connectivity index (χ2v) is 8.68. The van der Waals surface area contributed by atoms with Crippen LogP contribution in [0.4, 0.5) is 5.69 Å². The molecule has 4 nitrogen and oxygen atoms in total. The summed E-state index contributed by atoms with van der Waals surface area (Å²) in [6.45, 7) is 5.86. The Morgan fingerprint density at radius 1 is 1.27 bits per heavy atom. The molecule has 0 aliphatic carbocycles. The van der Waals surface area contributed by atoms with E-state index in [0.717, 1.165) is 30.0 Å². The molecule has 6 heteroatoms. The number of hydrogen-bond acceptors (Lipinski definition) is 5. The fraction of sp³-hybridized carbons (Fsp3) is 0.450. The molecule has 1 aliphatic rings. The first-order valence-electron chi connectivity index (χ1n) is 9.04. The quantitative estimate of drug-likeness (QED) is 0.595. The molecular weight excluding hydrogens is 366 g/mol. The van der Waals surface area contributed by atoms with Gasteiger partial charge in [-0.25, -0.2) is 0 Å². The maximum absolute atomic E-state index is 13.2. The summed E-state index contributed by atoms with van der Waals surface area (Å²) >= 11 is 3.40. The largest absolute Gasteiger partial charge is 0.486 e. The zero-order valence-electron chi connectivity index (χ0n) is 15.3. The molecule has 0 saturated heterocycles. The van der Waals surface area contributed by atoms with E-state index in [-0.39, 0.29) is 11.2 Å². The van der Waals surface area contributed by atoms with Crippen LogP contribution in [0.3, 0.4) is 0 Å². The van der Waals surface area contributed by atoms with Gasteiger partial charge in [0.25, 0.3) is 0 Å². The molecule has 26 heavy (non-hydrogen) atoms. The Kier molecular flexibility index (Phi) is 6.86. The van der Waals surface area contributed by atoms with Crippen molar-refractivity contribution in [2.75, 3.05) is 23.9 Å². The summed E-state index contributed by atoms with van der Waals surface area (Å²) < 4.78 is 11.3. The maximum Gasteiger partial charge on any atom is 0.240 e. The number of carbonyl (C=O) groups is 1. The van der Waals surface area contributed by atoms with E-state index in [2.05, 4.69) is 13.0 Å². The zero-order chi connectivity index (χ0) is 18.4. The van der Waals surface area contributed by atoms with E-state index >= 15 is 0 Å². The van der Waals surface area contributed by atoms with E-state index in [1.807, 2.05) is 41.5 Å². The number of carbonyl (C=O) groups excluding carboxylic acids is 1. The standard InChI is InChI=1S/C20H25NO3S2/c1-3-4-11-25-15(2)20(22)21(14-17-6-5-12-26-17)16-7-8-18-19(13-16)24-10-9-23-18/h5-8,12-13,15H,3-4,9-11,14H2,1-2H3. The average Bonchev–Trinajstić information content (AvgIpc) is 3.18. The van der Waals surface area contributed by atoms with Crippen LogP contribution in [-0.4, -0.2) is 30.1 Å². The minimum absolute atomic E-state index is 0.0743. The number of ether oxygens (including phenoxy) is 2. The summed E-state index contributed by atoms with van der Waals surface area (Å²) in [6.07, 6.45) is 2.28. The van der Waals surface area contributed by atoms with Crippen LogP contribution in [0.2, 0.25) is 0 Å². The Morgan fingerprint density at radius 3 is 2.81 bits per heavy atom.